The molecule has 0 heterocycles. The molecular formula is C14H17F2N. The third-order valence-corrected chi connectivity index (χ3v) is 2.17. The van der Waals surface area contributed by atoms with E-state index >= 15 is 0 Å². The lowest BCUT2D eigenvalue weighted by molar-refractivity contribution is 0.489. The van der Waals surface area contributed by atoms with Crippen molar-refractivity contribution in [2.24, 2.45) is 11.1 Å². The van der Waals surface area contributed by atoms with Crippen molar-refractivity contribution in [2.75, 3.05) is 0 Å². The molecule has 92 valence electrons. The lowest BCUT2D eigenvalue weighted by atomic mass is 9.97. The van der Waals surface area contributed by atoms with Crippen molar-refractivity contribution < 1.29 is 8.78 Å². The summed E-state index contributed by atoms with van der Waals surface area (Å²) in [4.78, 5) is 0. The van der Waals surface area contributed by atoms with Gasteiger partial charge in [-0.3, -0.25) is 0 Å². The van der Waals surface area contributed by atoms with Gasteiger partial charge in [0.2, 0.25) is 0 Å². The molecule has 2 N–H and O–H groups in total. The zero-order valence-corrected chi connectivity index (χ0v) is 10.3. The SMILES string of the molecule is CC(C)(C)C#CCC(N)c1cccc(F)c1F. The highest BCUT2D eigenvalue weighted by Gasteiger charge is 2.13. The van der Waals surface area contributed by atoms with Crippen LogP contribution in [0.15, 0.2) is 18.2 Å². The molecule has 0 amide bonds. The van der Waals surface area contributed by atoms with Crippen molar-refractivity contribution in [1.82, 2.24) is 0 Å². The molecule has 0 aliphatic heterocycles. The summed E-state index contributed by atoms with van der Waals surface area (Å²) in [5.74, 6) is 4.17. The maximum atomic E-state index is 13.4. The largest absolute Gasteiger partial charge is 0.323 e. The van der Waals surface area contributed by atoms with E-state index < -0.39 is 17.7 Å². The highest BCUT2D eigenvalue weighted by Crippen LogP contribution is 2.20. The molecule has 0 aliphatic carbocycles. The van der Waals surface area contributed by atoms with Gasteiger partial charge in [0.15, 0.2) is 11.6 Å². The Kier molecular flexibility index (Phi) is 4.25. The van der Waals surface area contributed by atoms with E-state index in [4.69, 9.17) is 5.73 Å². The van der Waals surface area contributed by atoms with Gasteiger partial charge in [-0.2, -0.15) is 0 Å². The number of hydrogen-bond acceptors (Lipinski definition) is 1. The normalized spacial score (nSPS) is 12.8. The number of benzene rings is 1. The predicted molar refractivity (Wildman–Crippen MR) is 65.1 cm³/mol. The molecule has 0 saturated heterocycles. The average Bonchev–Trinajstić information content (AvgIpc) is 2.20. The van der Waals surface area contributed by atoms with Gasteiger partial charge in [0.05, 0.1) is 0 Å². The Morgan fingerprint density at radius 1 is 1.29 bits per heavy atom. The van der Waals surface area contributed by atoms with Crippen LogP contribution in [-0.4, -0.2) is 0 Å². The molecule has 3 heteroatoms. The van der Waals surface area contributed by atoms with Crippen molar-refractivity contribution in [2.45, 2.75) is 33.2 Å². The monoisotopic (exact) mass is 237 g/mol. The molecular weight excluding hydrogens is 220 g/mol. The average molecular weight is 237 g/mol. The van der Waals surface area contributed by atoms with Crippen molar-refractivity contribution in [3.63, 3.8) is 0 Å². The number of rotatable bonds is 2. The van der Waals surface area contributed by atoms with E-state index in [1.807, 2.05) is 20.8 Å². The van der Waals surface area contributed by atoms with Gasteiger partial charge in [-0.25, -0.2) is 8.78 Å². The summed E-state index contributed by atoms with van der Waals surface area (Å²) >= 11 is 0. The summed E-state index contributed by atoms with van der Waals surface area (Å²) in [6.45, 7) is 5.94. The van der Waals surface area contributed by atoms with Crippen LogP contribution in [0.5, 0.6) is 0 Å². The molecule has 0 aromatic heterocycles. The number of halogens is 2. The van der Waals surface area contributed by atoms with E-state index in [0.29, 0.717) is 6.42 Å². The Morgan fingerprint density at radius 3 is 2.53 bits per heavy atom. The van der Waals surface area contributed by atoms with Crippen LogP contribution in [0.25, 0.3) is 0 Å². The minimum atomic E-state index is -0.877. The molecule has 1 aromatic rings. The highest BCUT2D eigenvalue weighted by molar-refractivity contribution is 5.24. The van der Waals surface area contributed by atoms with Crippen LogP contribution < -0.4 is 5.73 Å². The van der Waals surface area contributed by atoms with Gasteiger partial charge in [-0.05, 0) is 26.8 Å². The fourth-order valence-corrected chi connectivity index (χ4v) is 1.34. The summed E-state index contributed by atoms with van der Waals surface area (Å²) in [5, 5.41) is 0. The number of nitrogens with two attached hydrogens (primary N) is 1. The second kappa shape index (κ2) is 5.29. The summed E-state index contributed by atoms with van der Waals surface area (Å²) in [5.41, 5.74) is 5.85. The Labute approximate surface area is 101 Å². The standard InChI is InChI=1S/C14H17F2N/c1-14(2,3)9-5-8-12(17)10-6-4-7-11(15)13(10)16/h4,6-7,12H,8,17H2,1-3H3. The molecule has 0 spiro atoms. The topological polar surface area (TPSA) is 26.0 Å². The van der Waals surface area contributed by atoms with E-state index in [1.165, 1.54) is 12.1 Å². The minimum absolute atomic E-state index is 0.111. The van der Waals surface area contributed by atoms with Crippen LogP contribution in [0.1, 0.15) is 38.8 Å². The van der Waals surface area contributed by atoms with Crippen LogP contribution >= 0.6 is 0 Å². The Morgan fingerprint density at radius 2 is 1.94 bits per heavy atom. The van der Waals surface area contributed by atoms with Crippen molar-refractivity contribution in [1.29, 1.82) is 0 Å². The van der Waals surface area contributed by atoms with Gasteiger partial charge in [0.25, 0.3) is 0 Å². The van der Waals surface area contributed by atoms with Crippen LogP contribution in [0.2, 0.25) is 0 Å². The smallest absolute Gasteiger partial charge is 0.163 e. The molecule has 1 atom stereocenters. The van der Waals surface area contributed by atoms with Gasteiger partial charge >= 0.3 is 0 Å². The second-order valence-electron chi connectivity index (χ2n) is 5.01. The Hall–Kier alpha value is -1.40. The fraction of sp³-hybridized carbons (Fsp3) is 0.429. The van der Waals surface area contributed by atoms with Crippen molar-refractivity contribution >= 4 is 0 Å². The van der Waals surface area contributed by atoms with Crippen molar-refractivity contribution in [3.05, 3.63) is 35.4 Å². The zero-order chi connectivity index (χ0) is 13.1. The van der Waals surface area contributed by atoms with E-state index in [1.54, 1.807) is 0 Å². The molecule has 1 nitrogen and oxygen atoms in total. The molecule has 0 aliphatic rings. The third-order valence-electron chi connectivity index (χ3n) is 2.17. The van der Waals surface area contributed by atoms with Gasteiger partial charge in [0, 0.05) is 23.4 Å². The van der Waals surface area contributed by atoms with Gasteiger partial charge < -0.3 is 5.73 Å². The molecule has 1 unspecified atom stereocenters. The van der Waals surface area contributed by atoms with Crippen LogP contribution in [0, 0.1) is 28.9 Å². The van der Waals surface area contributed by atoms with Crippen LogP contribution in [0.3, 0.4) is 0 Å². The highest BCUT2D eigenvalue weighted by atomic mass is 19.2. The van der Waals surface area contributed by atoms with E-state index in [0.717, 1.165) is 6.07 Å². The molecule has 1 aromatic carbocycles. The maximum absolute atomic E-state index is 13.4. The molecule has 1 rings (SSSR count). The second-order valence-corrected chi connectivity index (χ2v) is 5.01. The van der Waals surface area contributed by atoms with E-state index in [-0.39, 0.29) is 11.0 Å². The quantitative estimate of drug-likeness (QED) is 0.784. The lowest BCUT2D eigenvalue weighted by Crippen LogP contribution is -2.12. The first-order valence-electron chi connectivity index (χ1n) is 5.51. The van der Waals surface area contributed by atoms with E-state index in [2.05, 4.69) is 11.8 Å². The predicted octanol–water partition coefficient (Wildman–Crippen LogP) is 3.40. The van der Waals surface area contributed by atoms with Crippen LogP contribution in [0.4, 0.5) is 8.78 Å². The first-order valence-corrected chi connectivity index (χ1v) is 5.51. The first-order chi connectivity index (χ1) is 7.81. The molecule has 0 bridgehead atoms. The van der Waals surface area contributed by atoms with Gasteiger partial charge in [-0.15, -0.1) is 5.92 Å². The molecule has 0 fully saturated rings. The zero-order valence-electron chi connectivity index (χ0n) is 10.3. The molecule has 0 saturated carbocycles. The van der Waals surface area contributed by atoms with Gasteiger partial charge in [-0.1, -0.05) is 18.1 Å². The number of hydrogen-bond donors (Lipinski definition) is 1. The lowest BCUT2D eigenvalue weighted by Gasteiger charge is -2.11. The fourth-order valence-electron chi connectivity index (χ4n) is 1.34. The molecule has 0 radical (unpaired) electrons. The van der Waals surface area contributed by atoms with E-state index in [9.17, 15) is 8.78 Å². The molecule has 17 heavy (non-hydrogen) atoms. The van der Waals surface area contributed by atoms with Crippen molar-refractivity contribution in [3.8, 4) is 11.8 Å². The Balaban J connectivity index is 2.80. The third kappa shape index (κ3) is 4.16. The Bertz CT molecular complexity index is 450. The van der Waals surface area contributed by atoms with Crippen LogP contribution in [-0.2, 0) is 0 Å². The summed E-state index contributed by atoms with van der Waals surface area (Å²) in [6, 6.07) is 3.42. The summed E-state index contributed by atoms with van der Waals surface area (Å²) in [6.07, 6.45) is 0.317. The summed E-state index contributed by atoms with van der Waals surface area (Å²) < 4.78 is 26.4. The van der Waals surface area contributed by atoms with Gasteiger partial charge in [0.1, 0.15) is 0 Å². The minimum Gasteiger partial charge on any atom is -0.323 e. The maximum Gasteiger partial charge on any atom is 0.163 e. The first kappa shape index (κ1) is 13.7. The summed E-state index contributed by atoms with van der Waals surface area (Å²) in [7, 11) is 0.